The van der Waals surface area contributed by atoms with Crippen molar-refractivity contribution in [2.24, 2.45) is 0 Å². The fraction of sp³-hybridized carbons (Fsp3) is 0.500. The van der Waals surface area contributed by atoms with Gasteiger partial charge in [0.05, 0.1) is 25.0 Å². The number of methoxy groups -OCH3 is 2. The van der Waals surface area contributed by atoms with Crippen LogP contribution in [0.15, 0.2) is 6.07 Å². The minimum Gasteiger partial charge on any atom is -0.492 e. The van der Waals surface area contributed by atoms with Crippen LogP contribution in [0.5, 0.6) is 11.5 Å². The summed E-state index contributed by atoms with van der Waals surface area (Å²) in [4.78, 5) is 0. The van der Waals surface area contributed by atoms with Crippen LogP contribution in [-0.2, 0) is 14.8 Å². The Hall–Kier alpha value is -0.650. The van der Waals surface area contributed by atoms with Gasteiger partial charge in [-0.25, -0.2) is 8.42 Å². The van der Waals surface area contributed by atoms with Crippen LogP contribution in [0.25, 0.3) is 0 Å². The van der Waals surface area contributed by atoms with E-state index in [0.29, 0.717) is 22.1 Å². The third-order valence-corrected chi connectivity index (χ3v) is 3.89. The molecule has 0 saturated carbocycles. The summed E-state index contributed by atoms with van der Waals surface area (Å²) in [5.74, 6) is 0.570. The molecule has 7 heteroatoms. The summed E-state index contributed by atoms with van der Waals surface area (Å²) >= 11 is 6.08. The molecule has 0 radical (unpaired) electrons. The molecule has 4 nitrogen and oxygen atoms in total. The van der Waals surface area contributed by atoms with Crippen molar-refractivity contribution in [3.05, 3.63) is 22.2 Å². The van der Waals surface area contributed by atoms with E-state index in [1.54, 1.807) is 6.07 Å². The van der Waals surface area contributed by atoms with Crippen molar-refractivity contribution >= 4 is 31.3 Å². The Kier molecular flexibility index (Phi) is 5.35. The molecule has 0 unspecified atom stereocenters. The van der Waals surface area contributed by atoms with Crippen molar-refractivity contribution in [2.75, 3.05) is 14.2 Å². The molecule has 0 N–H and O–H groups in total. The van der Waals surface area contributed by atoms with E-state index in [1.807, 2.05) is 13.8 Å². The van der Waals surface area contributed by atoms with Crippen molar-refractivity contribution < 1.29 is 17.9 Å². The maximum atomic E-state index is 11.3. The second-order valence-electron chi connectivity index (χ2n) is 4.34. The number of halogens is 2. The predicted octanol–water partition coefficient (Wildman–Crippen LogP) is 3.55. The van der Waals surface area contributed by atoms with E-state index in [1.165, 1.54) is 14.2 Å². The summed E-state index contributed by atoms with van der Waals surface area (Å²) in [6.07, 6.45) is 0. The molecule has 0 aliphatic heterocycles. The van der Waals surface area contributed by atoms with E-state index in [0.717, 1.165) is 5.56 Å². The van der Waals surface area contributed by atoms with Crippen LogP contribution >= 0.6 is 22.3 Å². The summed E-state index contributed by atoms with van der Waals surface area (Å²) in [6.45, 7) is 3.85. The third kappa shape index (κ3) is 3.91. The highest BCUT2D eigenvalue weighted by Gasteiger charge is 2.23. The van der Waals surface area contributed by atoms with Gasteiger partial charge in [0, 0.05) is 16.2 Å². The topological polar surface area (TPSA) is 52.6 Å². The zero-order chi connectivity index (χ0) is 14.8. The molecule has 0 aliphatic carbocycles. The van der Waals surface area contributed by atoms with E-state index < -0.39 is 9.05 Å². The van der Waals surface area contributed by atoms with Crippen LogP contribution in [0, 0.1) is 0 Å². The molecule has 0 bridgehead atoms. The Morgan fingerprint density at radius 1 is 1.21 bits per heavy atom. The van der Waals surface area contributed by atoms with Crippen LogP contribution in [0.1, 0.15) is 30.9 Å². The molecule has 0 fully saturated rings. The van der Waals surface area contributed by atoms with Crippen LogP contribution in [0.4, 0.5) is 0 Å². The van der Waals surface area contributed by atoms with Crippen LogP contribution < -0.4 is 9.47 Å². The van der Waals surface area contributed by atoms with Gasteiger partial charge in [0.2, 0.25) is 9.05 Å². The largest absolute Gasteiger partial charge is 0.492 e. The molecule has 19 heavy (non-hydrogen) atoms. The highest BCUT2D eigenvalue weighted by molar-refractivity contribution is 8.13. The number of ether oxygens (including phenoxy) is 2. The zero-order valence-electron chi connectivity index (χ0n) is 11.2. The van der Waals surface area contributed by atoms with Crippen molar-refractivity contribution in [3.63, 3.8) is 0 Å². The van der Waals surface area contributed by atoms with Gasteiger partial charge in [0.15, 0.2) is 11.5 Å². The van der Waals surface area contributed by atoms with Crippen LogP contribution in [0.3, 0.4) is 0 Å². The minimum absolute atomic E-state index is 0.0366. The molecule has 1 rings (SSSR count). The van der Waals surface area contributed by atoms with Gasteiger partial charge < -0.3 is 9.47 Å². The van der Waals surface area contributed by atoms with E-state index in [9.17, 15) is 8.42 Å². The summed E-state index contributed by atoms with van der Waals surface area (Å²) < 4.78 is 33.1. The molecule has 0 atom stereocenters. The van der Waals surface area contributed by atoms with Crippen molar-refractivity contribution in [3.8, 4) is 11.5 Å². The third-order valence-electron chi connectivity index (χ3n) is 2.63. The standard InChI is InChI=1S/C12H16Cl2O4S/c1-7(2)10-8(6-19(14,15)16)5-9(13)11(17-3)12(10)18-4/h5,7H,6H2,1-4H3. The molecule has 0 saturated heterocycles. The minimum atomic E-state index is -3.68. The highest BCUT2D eigenvalue weighted by Crippen LogP contribution is 2.43. The maximum Gasteiger partial charge on any atom is 0.236 e. The Bertz CT molecular complexity index is 568. The lowest BCUT2D eigenvalue weighted by molar-refractivity contribution is 0.350. The highest BCUT2D eigenvalue weighted by atomic mass is 35.7. The van der Waals surface area contributed by atoms with Gasteiger partial charge in [-0.1, -0.05) is 25.4 Å². The lowest BCUT2D eigenvalue weighted by Crippen LogP contribution is -2.06. The smallest absolute Gasteiger partial charge is 0.236 e. The number of benzene rings is 1. The van der Waals surface area contributed by atoms with Crippen molar-refractivity contribution in [2.45, 2.75) is 25.5 Å². The first-order valence-electron chi connectivity index (χ1n) is 5.56. The quantitative estimate of drug-likeness (QED) is 0.776. The number of hydrogen-bond acceptors (Lipinski definition) is 4. The normalized spacial score (nSPS) is 11.7. The van der Waals surface area contributed by atoms with E-state index in [2.05, 4.69) is 0 Å². The molecular weight excluding hydrogens is 311 g/mol. The summed E-state index contributed by atoms with van der Waals surface area (Å²) in [5, 5.41) is 0.291. The van der Waals surface area contributed by atoms with Gasteiger partial charge in [0.1, 0.15) is 0 Å². The lowest BCUT2D eigenvalue weighted by Gasteiger charge is -2.20. The maximum absolute atomic E-state index is 11.3. The first-order valence-corrected chi connectivity index (χ1v) is 8.42. The van der Waals surface area contributed by atoms with Gasteiger partial charge in [-0.15, -0.1) is 0 Å². The van der Waals surface area contributed by atoms with E-state index in [-0.39, 0.29) is 11.7 Å². The van der Waals surface area contributed by atoms with Gasteiger partial charge >= 0.3 is 0 Å². The van der Waals surface area contributed by atoms with Gasteiger partial charge in [-0.3, -0.25) is 0 Å². The molecule has 108 valence electrons. The Labute approximate surface area is 123 Å². The molecule has 0 heterocycles. The van der Waals surface area contributed by atoms with Crippen molar-refractivity contribution in [1.29, 1.82) is 0 Å². The van der Waals surface area contributed by atoms with Gasteiger partial charge in [0.25, 0.3) is 0 Å². The number of rotatable bonds is 5. The first-order chi connectivity index (χ1) is 8.71. The SMILES string of the molecule is COc1c(Cl)cc(CS(=O)(=O)Cl)c(C(C)C)c1OC. The monoisotopic (exact) mass is 326 g/mol. The van der Waals surface area contributed by atoms with Crippen molar-refractivity contribution in [1.82, 2.24) is 0 Å². The molecular formula is C12H16Cl2O4S. The van der Waals surface area contributed by atoms with Crippen LogP contribution in [-0.4, -0.2) is 22.6 Å². The van der Waals surface area contributed by atoms with Crippen LogP contribution in [0.2, 0.25) is 5.02 Å². The summed E-state index contributed by atoms with van der Waals surface area (Å²) in [6, 6.07) is 1.55. The molecule has 1 aromatic carbocycles. The van der Waals surface area contributed by atoms with E-state index in [4.69, 9.17) is 31.8 Å². The average molecular weight is 327 g/mol. The Morgan fingerprint density at radius 2 is 1.74 bits per heavy atom. The summed E-state index contributed by atoms with van der Waals surface area (Å²) in [7, 11) is 4.61. The van der Waals surface area contributed by atoms with E-state index >= 15 is 0 Å². The van der Waals surface area contributed by atoms with Gasteiger partial charge in [-0.2, -0.15) is 0 Å². The Morgan fingerprint density at radius 3 is 2.11 bits per heavy atom. The second kappa shape index (κ2) is 6.20. The zero-order valence-corrected chi connectivity index (χ0v) is 13.5. The van der Waals surface area contributed by atoms with Gasteiger partial charge in [-0.05, 0) is 17.5 Å². The molecule has 0 amide bonds. The lowest BCUT2D eigenvalue weighted by atomic mass is 9.96. The molecule has 1 aromatic rings. The molecule has 0 aliphatic rings. The Balaban J connectivity index is 3.59. The second-order valence-corrected chi connectivity index (χ2v) is 7.52. The fourth-order valence-electron chi connectivity index (χ4n) is 2.00. The number of hydrogen-bond donors (Lipinski definition) is 0. The first kappa shape index (κ1) is 16.4. The molecule has 0 aromatic heterocycles. The molecule has 0 spiro atoms. The predicted molar refractivity (Wildman–Crippen MR) is 77.1 cm³/mol. The average Bonchev–Trinajstić information content (AvgIpc) is 2.25. The fourth-order valence-corrected chi connectivity index (χ4v) is 3.26. The summed E-state index contributed by atoms with van der Waals surface area (Å²) in [5.41, 5.74) is 1.25.